The van der Waals surface area contributed by atoms with E-state index in [1.807, 2.05) is 26.1 Å². The van der Waals surface area contributed by atoms with Crippen molar-refractivity contribution in [3.8, 4) is 5.75 Å². The maximum atomic E-state index is 13.5. The summed E-state index contributed by atoms with van der Waals surface area (Å²) in [5, 5.41) is 10.8. The highest BCUT2D eigenvalue weighted by atomic mass is 35.5. The monoisotopic (exact) mass is 637 g/mol. The van der Waals surface area contributed by atoms with Gasteiger partial charge in [-0.3, -0.25) is 14.4 Å². The van der Waals surface area contributed by atoms with Crippen molar-refractivity contribution in [1.82, 2.24) is 9.80 Å². The summed E-state index contributed by atoms with van der Waals surface area (Å²) in [4.78, 5) is 17.1. The molecule has 1 aliphatic heterocycles. The number of rotatable bonds is 9. The zero-order valence-corrected chi connectivity index (χ0v) is 25.9. The van der Waals surface area contributed by atoms with Gasteiger partial charge in [-0.2, -0.15) is 0 Å². The lowest BCUT2D eigenvalue weighted by Crippen LogP contribution is -2.47. The van der Waals surface area contributed by atoms with Gasteiger partial charge in [-0.25, -0.2) is 12.8 Å². The Balaban J connectivity index is 1.62. The molecule has 0 saturated carbocycles. The number of carbonyl (C=O) groups is 1. The quantitative estimate of drug-likeness (QED) is 0.334. The third-order valence-corrected chi connectivity index (χ3v) is 9.36. The van der Waals surface area contributed by atoms with E-state index in [0.29, 0.717) is 41.0 Å². The number of aliphatic hydroxyl groups is 1. The average Bonchev–Trinajstić information content (AvgIpc) is 2.98. The van der Waals surface area contributed by atoms with E-state index < -0.39 is 21.9 Å². The van der Waals surface area contributed by atoms with E-state index in [9.17, 15) is 22.7 Å². The first-order valence-corrected chi connectivity index (χ1v) is 15.7. The van der Waals surface area contributed by atoms with Gasteiger partial charge in [-0.15, -0.1) is 0 Å². The molecule has 0 radical (unpaired) electrons. The van der Waals surface area contributed by atoms with E-state index >= 15 is 0 Å². The van der Waals surface area contributed by atoms with Crippen LogP contribution in [0.25, 0.3) is 0 Å². The van der Waals surface area contributed by atoms with Crippen molar-refractivity contribution in [3.05, 3.63) is 87.7 Å². The summed E-state index contributed by atoms with van der Waals surface area (Å²) in [7, 11) is -2.05. The topological polar surface area (TPSA) is 99.2 Å². The molecule has 3 aromatic carbocycles. The van der Waals surface area contributed by atoms with Crippen LogP contribution in [-0.2, 0) is 27.8 Å². The van der Waals surface area contributed by atoms with Gasteiger partial charge in [-0.1, -0.05) is 36.2 Å². The Morgan fingerprint density at radius 2 is 1.83 bits per heavy atom. The van der Waals surface area contributed by atoms with Crippen molar-refractivity contribution >= 4 is 44.8 Å². The Morgan fingerprint density at radius 3 is 2.50 bits per heavy atom. The molecular weight excluding hydrogens is 604 g/mol. The van der Waals surface area contributed by atoms with Gasteiger partial charge in [0.05, 0.1) is 34.0 Å². The number of likely N-dealkylation sites (N-methyl/N-ethyl adjacent to an activating group) is 1. The third-order valence-electron chi connectivity index (χ3n) is 7.22. The molecule has 3 aromatic rings. The van der Waals surface area contributed by atoms with Crippen LogP contribution in [0.2, 0.25) is 10.0 Å². The molecule has 42 heavy (non-hydrogen) atoms. The minimum Gasteiger partial charge on any atom is -0.488 e. The lowest BCUT2D eigenvalue weighted by Gasteiger charge is -2.34. The Bertz CT molecular complexity index is 1520. The molecule has 1 amide bonds. The fraction of sp³-hybridized carbons (Fsp3) is 0.367. The van der Waals surface area contributed by atoms with E-state index in [0.717, 1.165) is 17.7 Å². The van der Waals surface area contributed by atoms with Crippen LogP contribution in [-0.4, -0.2) is 68.1 Å². The summed E-state index contributed by atoms with van der Waals surface area (Å²) >= 11 is 12.3. The lowest BCUT2D eigenvalue weighted by atomic mass is 10.0. The molecule has 0 aliphatic carbocycles. The lowest BCUT2D eigenvalue weighted by molar-refractivity contribution is -0.134. The van der Waals surface area contributed by atoms with Crippen molar-refractivity contribution in [1.29, 1.82) is 0 Å². The van der Waals surface area contributed by atoms with Crippen LogP contribution in [0.3, 0.4) is 0 Å². The number of sulfonamides is 1. The first kappa shape index (κ1) is 32.0. The summed E-state index contributed by atoms with van der Waals surface area (Å²) in [5.74, 6) is -0.403. The van der Waals surface area contributed by atoms with Crippen LogP contribution in [0.4, 0.5) is 10.1 Å². The smallest absolute Gasteiger partial charge is 0.261 e. The molecule has 2 N–H and O–H groups in total. The highest BCUT2D eigenvalue weighted by molar-refractivity contribution is 7.92. The minimum atomic E-state index is -4.00. The Labute approximate surface area is 256 Å². The first-order valence-electron chi connectivity index (χ1n) is 13.5. The van der Waals surface area contributed by atoms with E-state index in [1.165, 1.54) is 12.1 Å². The average molecular weight is 639 g/mol. The van der Waals surface area contributed by atoms with Crippen molar-refractivity contribution < 1.29 is 27.4 Å². The molecule has 3 atom stereocenters. The molecule has 226 valence electrons. The van der Waals surface area contributed by atoms with E-state index in [1.54, 1.807) is 36.1 Å². The fourth-order valence-corrected chi connectivity index (χ4v) is 6.23. The van der Waals surface area contributed by atoms with E-state index in [4.69, 9.17) is 27.9 Å². The van der Waals surface area contributed by atoms with Gasteiger partial charge in [-0.05, 0) is 74.1 Å². The number of ether oxygens (including phenoxy) is 1. The Morgan fingerprint density at radius 1 is 1.12 bits per heavy atom. The number of nitrogens with zero attached hydrogens (tertiary/aromatic N) is 2. The van der Waals surface area contributed by atoms with E-state index in [-0.39, 0.29) is 41.5 Å². The Kier molecular flexibility index (Phi) is 10.4. The van der Waals surface area contributed by atoms with Gasteiger partial charge >= 0.3 is 0 Å². The van der Waals surface area contributed by atoms with Gasteiger partial charge in [0, 0.05) is 36.8 Å². The normalized spacial score (nSPS) is 18.5. The van der Waals surface area contributed by atoms with Crippen molar-refractivity contribution in [3.63, 3.8) is 0 Å². The maximum Gasteiger partial charge on any atom is 0.261 e. The molecule has 8 nitrogen and oxygen atoms in total. The second-order valence-electron chi connectivity index (χ2n) is 10.7. The molecule has 12 heteroatoms. The van der Waals surface area contributed by atoms with Crippen molar-refractivity contribution in [2.24, 2.45) is 5.92 Å². The second-order valence-corrected chi connectivity index (χ2v) is 13.2. The van der Waals surface area contributed by atoms with Crippen LogP contribution < -0.4 is 9.46 Å². The number of amides is 1. The first-order chi connectivity index (χ1) is 19.9. The van der Waals surface area contributed by atoms with Crippen LogP contribution in [0.15, 0.2) is 65.6 Å². The third kappa shape index (κ3) is 7.93. The summed E-state index contributed by atoms with van der Waals surface area (Å²) in [6.07, 6.45) is -0.401. The molecule has 1 heterocycles. The molecule has 0 aromatic heterocycles. The maximum absolute atomic E-state index is 13.5. The molecular formula is C30H34Cl2FN3O5S. The summed E-state index contributed by atoms with van der Waals surface area (Å²) < 4.78 is 48.2. The highest BCUT2D eigenvalue weighted by Gasteiger charge is 2.31. The summed E-state index contributed by atoms with van der Waals surface area (Å²) in [6.45, 7) is 5.03. The van der Waals surface area contributed by atoms with Gasteiger partial charge in [0.25, 0.3) is 10.0 Å². The fourth-order valence-electron chi connectivity index (χ4n) is 4.86. The number of nitrogens with one attached hydrogen (secondary N) is 1. The second kappa shape index (κ2) is 13.6. The molecule has 0 unspecified atom stereocenters. The van der Waals surface area contributed by atoms with Crippen molar-refractivity contribution in [2.75, 3.05) is 31.5 Å². The highest BCUT2D eigenvalue weighted by Crippen LogP contribution is 2.30. The van der Waals surface area contributed by atoms with Gasteiger partial charge < -0.3 is 14.7 Å². The number of aliphatic hydroxyl groups excluding tert-OH is 1. The zero-order valence-electron chi connectivity index (χ0n) is 23.6. The number of hydrogen-bond acceptors (Lipinski definition) is 6. The van der Waals surface area contributed by atoms with Crippen LogP contribution >= 0.6 is 23.2 Å². The number of carbonyl (C=O) groups excluding carboxylic acids is 1. The number of hydrogen-bond donors (Lipinski definition) is 2. The van der Waals surface area contributed by atoms with Gasteiger partial charge in [0.15, 0.2) is 0 Å². The molecule has 0 bridgehead atoms. The van der Waals surface area contributed by atoms with Gasteiger partial charge in [0.2, 0.25) is 5.91 Å². The number of halogens is 3. The Hall–Kier alpha value is -2.89. The number of benzene rings is 3. The van der Waals surface area contributed by atoms with Crippen LogP contribution in [0, 0.1) is 11.7 Å². The molecule has 4 rings (SSSR count). The van der Waals surface area contributed by atoms with Crippen LogP contribution in [0.1, 0.15) is 25.0 Å². The van der Waals surface area contributed by atoms with E-state index in [2.05, 4.69) is 9.62 Å². The largest absolute Gasteiger partial charge is 0.488 e. The number of anilines is 1. The summed E-state index contributed by atoms with van der Waals surface area (Å²) in [6, 6.07) is 14.3. The van der Waals surface area contributed by atoms with Crippen LogP contribution in [0.5, 0.6) is 5.75 Å². The summed E-state index contributed by atoms with van der Waals surface area (Å²) in [5.41, 5.74) is 1.71. The predicted octanol–water partition coefficient (Wildman–Crippen LogP) is 5.21. The minimum absolute atomic E-state index is 0.0512. The predicted molar refractivity (Wildman–Crippen MR) is 162 cm³/mol. The standard InChI is InChI=1S/C30H34Cl2FN3O5S/c1-19-15-36(20(2)18-37)30(38)14-22-13-24(34-42(39,40)25-8-5-23(33)6-9-25)7-11-28(22)41-29(19)17-35(3)16-21-4-10-26(31)27(32)12-21/h4-13,19-20,29,34,37H,14-18H2,1-3H3/t19-,20-,29-/m0/s1. The molecule has 1 aliphatic rings. The van der Waals surface area contributed by atoms with Gasteiger partial charge in [0.1, 0.15) is 17.7 Å². The molecule has 0 spiro atoms. The van der Waals surface area contributed by atoms with Crippen molar-refractivity contribution in [2.45, 2.75) is 43.9 Å². The SMILES string of the molecule is C[C@H]1CN([C@@H](C)CO)C(=O)Cc2cc(NS(=O)(=O)c3ccc(F)cc3)ccc2O[C@H]1CN(C)Cc1ccc(Cl)c(Cl)c1. The molecule has 0 fully saturated rings. The zero-order chi connectivity index (χ0) is 30.6. The number of fused-ring (bicyclic) bond motifs is 1. The molecule has 0 saturated heterocycles.